The number of thiazole rings is 1. The van der Waals surface area contributed by atoms with Crippen LogP contribution in [-0.2, 0) is 6.54 Å². The van der Waals surface area contributed by atoms with Gasteiger partial charge in [0.25, 0.3) is 5.91 Å². The van der Waals surface area contributed by atoms with Crippen molar-refractivity contribution < 1.29 is 4.79 Å². The molecule has 94 valence electrons. The van der Waals surface area contributed by atoms with Crippen molar-refractivity contribution in [2.75, 3.05) is 12.4 Å². The summed E-state index contributed by atoms with van der Waals surface area (Å²) in [6, 6.07) is 3.33. The van der Waals surface area contributed by atoms with E-state index >= 15 is 0 Å². The number of carbonyl (C=O) groups excluding carboxylic acids is 1. The molecule has 0 aromatic carbocycles. The third kappa shape index (κ3) is 3.01. The van der Waals surface area contributed by atoms with E-state index in [4.69, 9.17) is 0 Å². The van der Waals surface area contributed by atoms with Gasteiger partial charge in [-0.1, -0.05) is 0 Å². The summed E-state index contributed by atoms with van der Waals surface area (Å²) in [6.45, 7) is 2.33. The van der Waals surface area contributed by atoms with Crippen LogP contribution in [0.15, 0.2) is 17.5 Å². The molecular formula is C11H13N5OS. The van der Waals surface area contributed by atoms with Crippen molar-refractivity contribution >= 4 is 23.1 Å². The van der Waals surface area contributed by atoms with Crippen molar-refractivity contribution in [3.8, 4) is 0 Å². The zero-order valence-corrected chi connectivity index (χ0v) is 10.9. The Morgan fingerprint density at radius 2 is 2.22 bits per heavy atom. The van der Waals surface area contributed by atoms with Crippen LogP contribution < -0.4 is 10.6 Å². The molecule has 2 rings (SSSR count). The van der Waals surface area contributed by atoms with E-state index in [-0.39, 0.29) is 5.91 Å². The SMILES string of the molecule is CNc1ccc(C(=O)NCc2csc(C)n2)nn1. The second-order valence-corrected chi connectivity index (χ2v) is 4.66. The molecule has 2 heterocycles. The van der Waals surface area contributed by atoms with Gasteiger partial charge < -0.3 is 10.6 Å². The molecule has 0 bridgehead atoms. The number of hydrogen-bond donors (Lipinski definition) is 2. The Morgan fingerprint density at radius 3 is 2.78 bits per heavy atom. The predicted molar refractivity (Wildman–Crippen MR) is 69.6 cm³/mol. The van der Waals surface area contributed by atoms with E-state index in [1.807, 2.05) is 12.3 Å². The topological polar surface area (TPSA) is 79.8 Å². The highest BCUT2D eigenvalue weighted by atomic mass is 32.1. The first-order valence-electron chi connectivity index (χ1n) is 5.39. The van der Waals surface area contributed by atoms with E-state index in [1.54, 1.807) is 30.5 Å². The van der Waals surface area contributed by atoms with Crippen LogP contribution in [0.5, 0.6) is 0 Å². The zero-order valence-electron chi connectivity index (χ0n) is 10.1. The molecule has 6 nitrogen and oxygen atoms in total. The average molecular weight is 263 g/mol. The van der Waals surface area contributed by atoms with Gasteiger partial charge in [0.1, 0.15) is 5.82 Å². The largest absolute Gasteiger partial charge is 0.372 e. The van der Waals surface area contributed by atoms with Crippen molar-refractivity contribution in [2.45, 2.75) is 13.5 Å². The quantitative estimate of drug-likeness (QED) is 0.866. The smallest absolute Gasteiger partial charge is 0.272 e. The molecule has 1 amide bonds. The Hall–Kier alpha value is -2.02. The summed E-state index contributed by atoms with van der Waals surface area (Å²) in [5.74, 6) is 0.373. The number of nitrogens with one attached hydrogen (secondary N) is 2. The molecule has 0 saturated heterocycles. The highest BCUT2D eigenvalue weighted by Gasteiger charge is 2.08. The first kappa shape index (κ1) is 12.4. The second kappa shape index (κ2) is 5.54. The molecule has 0 radical (unpaired) electrons. The summed E-state index contributed by atoms with van der Waals surface area (Å²) < 4.78 is 0. The number of rotatable bonds is 4. The minimum atomic E-state index is -0.254. The molecule has 0 saturated carbocycles. The lowest BCUT2D eigenvalue weighted by Gasteiger charge is -2.02. The molecule has 0 spiro atoms. The summed E-state index contributed by atoms with van der Waals surface area (Å²) in [7, 11) is 1.74. The molecule has 0 atom stereocenters. The van der Waals surface area contributed by atoms with Crippen LogP contribution in [0.1, 0.15) is 21.2 Å². The van der Waals surface area contributed by atoms with Crippen molar-refractivity contribution in [3.63, 3.8) is 0 Å². The third-order valence-corrected chi connectivity index (χ3v) is 3.07. The van der Waals surface area contributed by atoms with E-state index in [1.165, 1.54) is 0 Å². The molecule has 0 aliphatic carbocycles. The standard InChI is InChI=1S/C11H13N5OS/c1-7-14-8(6-18-7)5-13-11(17)9-3-4-10(12-2)16-15-9/h3-4,6H,5H2,1-2H3,(H,12,16)(H,13,17). The summed E-state index contributed by atoms with van der Waals surface area (Å²) >= 11 is 1.56. The molecule has 2 aromatic heterocycles. The first-order chi connectivity index (χ1) is 8.69. The van der Waals surface area contributed by atoms with Gasteiger partial charge in [-0.15, -0.1) is 21.5 Å². The number of carbonyl (C=O) groups is 1. The highest BCUT2D eigenvalue weighted by molar-refractivity contribution is 7.09. The van der Waals surface area contributed by atoms with Crippen LogP contribution >= 0.6 is 11.3 Å². The number of amides is 1. The normalized spacial score (nSPS) is 10.1. The fourth-order valence-electron chi connectivity index (χ4n) is 1.34. The van der Waals surface area contributed by atoms with Gasteiger partial charge in [-0.3, -0.25) is 4.79 Å². The monoisotopic (exact) mass is 263 g/mol. The van der Waals surface area contributed by atoms with Crippen LogP contribution in [0.3, 0.4) is 0 Å². The second-order valence-electron chi connectivity index (χ2n) is 3.59. The van der Waals surface area contributed by atoms with Gasteiger partial charge in [0.2, 0.25) is 0 Å². The highest BCUT2D eigenvalue weighted by Crippen LogP contribution is 2.07. The first-order valence-corrected chi connectivity index (χ1v) is 6.27. The zero-order chi connectivity index (χ0) is 13.0. The lowest BCUT2D eigenvalue weighted by molar-refractivity contribution is 0.0944. The Balaban J connectivity index is 1.94. The van der Waals surface area contributed by atoms with Crippen LogP contribution in [0.25, 0.3) is 0 Å². The molecule has 7 heteroatoms. The number of anilines is 1. The van der Waals surface area contributed by atoms with Crippen molar-refractivity contribution in [3.05, 3.63) is 33.9 Å². The van der Waals surface area contributed by atoms with Crippen molar-refractivity contribution in [1.82, 2.24) is 20.5 Å². The van der Waals surface area contributed by atoms with E-state index in [0.29, 0.717) is 18.1 Å². The molecule has 0 unspecified atom stereocenters. The molecule has 0 aliphatic heterocycles. The van der Waals surface area contributed by atoms with Gasteiger partial charge >= 0.3 is 0 Å². The Labute approximate surface area is 108 Å². The Bertz CT molecular complexity index is 537. The summed E-state index contributed by atoms with van der Waals surface area (Å²) in [5.41, 5.74) is 1.15. The maximum atomic E-state index is 11.8. The molecule has 0 fully saturated rings. The average Bonchev–Trinajstić information content (AvgIpc) is 2.82. The van der Waals surface area contributed by atoms with Crippen molar-refractivity contribution in [1.29, 1.82) is 0 Å². The Morgan fingerprint density at radius 1 is 1.39 bits per heavy atom. The lowest BCUT2D eigenvalue weighted by Crippen LogP contribution is -2.24. The van der Waals surface area contributed by atoms with Gasteiger partial charge in [-0.2, -0.15) is 0 Å². The number of aryl methyl sites for hydroxylation is 1. The van der Waals surface area contributed by atoms with E-state index in [9.17, 15) is 4.79 Å². The van der Waals surface area contributed by atoms with E-state index in [2.05, 4.69) is 25.8 Å². The Kier molecular flexibility index (Phi) is 3.83. The molecule has 2 aromatic rings. The van der Waals surface area contributed by atoms with Gasteiger partial charge in [-0.25, -0.2) is 4.98 Å². The molecule has 2 N–H and O–H groups in total. The van der Waals surface area contributed by atoms with Gasteiger partial charge in [-0.05, 0) is 19.1 Å². The third-order valence-electron chi connectivity index (χ3n) is 2.25. The number of aromatic nitrogens is 3. The number of nitrogens with zero attached hydrogens (tertiary/aromatic N) is 3. The lowest BCUT2D eigenvalue weighted by atomic mass is 10.3. The summed E-state index contributed by atoms with van der Waals surface area (Å²) in [6.07, 6.45) is 0. The van der Waals surface area contributed by atoms with Crippen LogP contribution in [0.2, 0.25) is 0 Å². The van der Waals surface area contributed by atoms with Gasteiger partial charge in [0.05, 0.1) is 17.2 Å². The van der Waals surface area contributed by atoms with Gasteiger partial charge in [0.15, 0.2) is 5.69 Å². The maximum absolute atomic E-state index is 11.8. The van der Waals surface area contributed by atoms with Crippen LogP contribution in [0, 0.1) is 6.92 Å². The van der Waals surface area contributed by atoms with Crippen LogP contribution in [-0.4, -0.2) is 28.1 Å². The number of hydrogen-bond acceptors (Lipinski definition) is 6. The minimum absolute atomic E-state index is 0.254. The van der Waals surface area contributed by atoms with E-state index < -0.39 is 0 Å². The maximum Gasteiger partial charge on any atom is 0.272 e. The molecule has 18 heavy (non-hydrogen) atoms. The molecule has 0 aliphatic rings. The fourth-order valence-corrected chi connectivity index (χ4v) is 1.95. The molecular weight excluding hydrogens is 250 g/mol. The summed E-state index contributed by atoms with van der Waals surface area (Å²) in [5, 5.41) is 16.2. The predicted octanol–water partition coefficient (Wildman–Crippen LogP) is 1.21. The fraction of sp³-hybridized carbons (Fsp3) is 0.273. The summed E-state index contributed by atoms with van der Waals surface area (Å²) in [4.78, 5) is 16.0. The van der Waals surface area contributed by atoms with E-state index in [0.717, 1.165) is 10.7 Å². The van der Waals surface area contributed by atoms with Crippen LogP contribution in [0.4, 0.5) is 5.82 Å². The van der Waals surface area contributed by atoms with Gasteiger partial charge in [0, 0.05) is 12.4 Å². The van der Waals surface area contributed by atoms with Crippen molar-refractivity contribution in [2.24, 2.45) is 0 Å². The minimum Gasteiger partial charge on any atom is -0.372 e.